The molecule has 0 bridgehead atoms. The first kappa shape index (κ1) is 19.8. The summed E-state index contributed by atoms with van der Waals surface area (Å²) in [6.45, 7) is 6.77. The smallest absolute Gasteiger partial charge is 0.189 e. The van der Waals surface area contributed by atoms with E-state index in [2.05, 4.69) is 54.7 Å². The Hall–Kier alpha value is -1.28. The summed E-state index contributed by atoms with van der Waals surface area (Å²) in [4.78, 5) is 5.57. The summed E-state index contributed by atoms with van der Waals surface area (Å²) in [7, 11) is 1.67. The predicted octanol–water partition coefficient (Wildman–Crippen LogP) is 4.24. The highest BCUT2D eigenvalue weighted by molar-refractivity contribution is 14.0. The van der Waals surface area contributed by atoms with Gasteiger partial charge in [0.1, 0.15) is 5.75 Å². The number of halogens is 1. The Morgan fingerprint density at radius 2 is 1.87 bits per heavy atom. The van der Waals surface area contributed by atoms with Crippen LogP contribution in [0.1, 0.15) is 25.6 Å². The van der Waals surface area contributed by atoms with Gasteiger partial charge in [0.25, 0.3) is 0 Å². The van der Waals surface area contributed by atoms with E-state index in [0.717, 1.165) is 5.75 Å². The van der Waals surface area contributed by atoms with E-state index in [1.165, 1.54) is 16.0 Å². The van der Waals surface area contributed by atoms with Gasteiger partial charge in [-0.1, -0.05) is 12.1 Å². The van der Waals surface area contributed by atoms with Crippen molar-refractivity contribution in [3.8, 4) is 16.9 Å². The van der Waals surface area contributed by atoms with Crippen molar-refractivity contribution in [2.75, 3.05) is 7.11 Å². The minimum Gasteiger partial charge on any atom is -0.497 e. The van der Waals surface area contributed by atoms with E-state index in [0.29, 0.717) is 12.5 Å². The van der Waals surface area contributed by atoms with E-state index >= 15 is 0 Å². The summed E-state index contributed by atoms with van der Waals surface area (Å²) in [5.41, 5.74) is 8.18. The molecule has 0 fully saturated rings. The van der Waals surface area contributed by atoms with Crippen LogP contribution in [0.5, 0.6) is 5.75 Å². The summed E-state index contributed by atoms with van der Waals surface area (Å²) in [6.07, 6.45) is 0. The number of nitrogens with zero attached hydrogens (tertiary/aromatic N) is 1. The fourth-order valence-electron chi connectivity index (χ4n) is 1.99. The first-order valence-electron chi connectivity index (χ1n) is 7.17. The van der Waals surface area contributed by atoms with E-state index in [1.54, 1.807) is 18.4 Å². The van der Waals surface area contributed by atoms with Crippen molar-refractivity contribution in [1.29, 1.82) is 0 Å². The Bertz CT molecular complexity index is 645. The second-order valence-corrected chi connectivity index (χ2v) is 7.10. The van der Waals surface area contributed by atoms with Gasteiger partial charge in [0.15, 0.2) is 5.96 Å². The van der Waals surface area contributed by atoms with Crippen LogP contribution in [0.15, 0.2) is 40.7 Å². The Morgan fingerprint density at radius 1 is 1.22 bits per heavy atom. The lowest BCUT2D eigenvalue weighted by Gasteiger charge is -2.20. The van der Waals surface area contributed by atoms with Crippen LogP contribution < -0.4 is 15.8 Å². The van der Waals surface area contributed by atoms with E-state index in [4.69, 9.17) is 10.5 Å². The summed E-state index contributed by atoms with van der Waals surface area (Å²) in [5, 5.41) is 5.30. The van der Waals surface area contributed by atoms with Gasteiger partial charge in [0.05, 0.1) is 13.7 Å². The summed E-state index contributed by atoms with van der Waals surface area (Å²) >= 11 is 1.69. The lowest BCUT2D eigenvalue weighted by atomic mass is 10.1. The van der Waals surface area contributed by atoms with Gasteiger partial charge in [0, 0.05) is 10.4 Å². The first-order chi connectivity index (χ1) is 10.4. The van der Waals surface area contributed by atoms with Crippen LogP contribution in [0.3, 0.4) is 0 Å². The molecule has 4 nitrogen and oxygen atoms in total. The van der Waals surface area contributed by atoms with Gasteiger partial charge in [-0.05, 0) is 55.5 Å². The lowest BCUT2D eigenvalue weighted by molar-refractivity contribution is 0.415. The molecule has 2 rings (SSSR count). The highest BCUT2D eigenvalue weighted by atomic mass is 127. The molecule has 0 saturated carbocycles. The van der Waals surface area contributed by atoms with Gasteiger partial charge in [-0.15, -0.1) is 35.3 Å². The second-order valence-electron chi connectivity index (χ2n) is 6.11. The van der Waals surface area contributed by atoms with E-state index in [1.807, 2.05) is 12.1 Å². The SMILES string of the molecule is COc1ccc(-c2csc(CN=C(N)NC(C)(C)C)c2)cc1.I. The quantitative estimate of drug-likeness (QED) is 0.421. The van der Waals surface area contributed by atoms with Gasteiger partial charge < -0.3 is 15.8 Å². The zero-order chi connectivity index (χ0) is 16.2. The third kappa shape index (κ3) is 6.39. The molecule has 2 aromatic rings. The maximum Gasteiger partial charge on any atom is 0.189 e. The number of methoxy groups -OCH3 is 1. The number of hydrogen-bond donors (Lipinski definition) is 2. The molecule has 23 heavy (non-hydrogen) atoms. The molecule has 0 aliphatic carbocycles. The predicted molar refractivity (Wildman–Crippen MR) is 110 cm³/mol. The highest BCUT2D eigenvalue weighted by Crippen LogP contribution is 2.27. The molecule has 3 N–H and O–H groups in total. The van der Waals surface area contributed by atoms with Crippen LogP contribution in [0.2, 0.25) is 0 Å². The normalized spacial score (nSPS) is 11.7. The Kier molecular flexibility index (Phi) is 7.34. The van der Waals surface area contributed by atoms with Crippen molar-refractivity contribution in [3.63, 3.8) is 0 Å². The molecule has 0 spiro atoms. The van der Waals surface area contributed by atoms with Crippen molar-refractivity contribution >= 4 is 41.3 Å². The van der Waals surface area contributed by atoms with Gasteiger partial charge in [-0.3, -0.25) is 0 Å². The lowest BCUT2D eigenvalue weighted by Crippen LogP contribution is -2.44. The average Bonchev–Trinajstić information content (AvgIpc) is 2.92. The minimum absolute atomic E-state index is 0. The summed E-state index contributed by atoms with van der Waals surface area (Å²) in [5.74, 6) is 1.34. The number of nitrogens with two attached hydrogens (primary N) is 1. The highest BCUT2D eigenvalue weighted by Gasteiger charge is 2.10. The Balaban J connectivity index is 0.00000264. The Morgan fingerprint density at radius 3 is 2.43 bits per heavy atom. The third-order valence-electron chi connectivity index (χ3n) is 2.99. The minimum atomic E-state index is -0.0721. The maximum atomic E-state index is 5.89. The molecule has 0 atom stereocenters. The number of nitrogens with one attached hydrogen (secondary N) is 1. The molecule has 126 valence electrons. The van der Waals surface area contributed by atoms with Crippen LogP contribution in [0, 0.1) is 0 Å². The van der Waals surface area contributed by atoms with Gasteiger partial charge in [-0.2, -0.15) is 0 Å². The van der Waals surface area contributed by atoms with Gasteiger partial charge in [0.2, 0.25) is 0 Å². The molecule has 0 radical (unpaired) electrons. The molecule has 1 heterocycles. The van der Waals surface area contributed by atoms with Crippen LogP contribution in [-0.4, -0.2) is 18.6 Å². The number of thiophene rings is 1. The van der Waals surface area contributed by atoms with Crippen LogP contribution in [0.4, 0.5) is 0 Å². The molecular weight excluding hydrogens is 421 g/mol. The topological polar surface area (TPSA) is 59.6 Å². The molecule has 1 aromatic carbocycles. The van der Waals surface area contributed by atoms with E-state index in [-0.39, 0.29) is 29.5 Å². The molecule has 6 heteroatoms. The number of ether oxygens (including phenoxy) is 1. The van der Waals surface area contributed by atoms with Crippen molar-refractivity contribution in [2.24, 2.45) is 10.7 Å². The van der Waals surface area contributed by atoms with Crippen molar-refractivity contribution in [1.82, 2.24) is 5.32 Å². The fourth-order valence-corrected chi connectivity index (χ4v) is 2.80. The van der Waals surface area contributed by atoms with Gasteiger partial charge >= 0.3 is 0 Å². The van der Waals surface area contributed by atoms with Gasteiger partial charge in [-0.25, -0.2) is 4.99 Å². The van der Waals surface area contributed by atoms with Crippen LogP contribution in [0.25, 0.3) is 11.1 Å². The van der Waals surface area contributed by atoms with Crippen molar-refractivity contribution in [2.45, 2.75) is 32.9 Å². The maximum absolute atomic E-state index is 5.89. The standard InChI is InChI=1S/C17H23N3OS.HI/c1-17(2,3)20-16(18)19-10-15-9-13(11-22-15)12-5-7-14(21-4)8-6-12;/h5-9,11H,10H2,1-4H3,(H3,18,19,20);1H. The van der Waals surface area contributed by atoms with Crippen molar-refractivity contribution in [3.05, 3.63) is 40.6 Å². The number of aliphatic imine (C=N–C) groups is 1. The molecular formula is C17H24IN3OS. The zero-order valence-electron chi connectivity index (χ0n) is 13.9. The summed E-state index contributed by atoms with van der Waals surface area (Å²) in [6, 6.07) is 10.2. The number of guanidine groups is 1. The fraction of sp³-hybridized carbons (Fsp3) is 0.353. The first-order valence-corrected chi connectivity index (χ1v) is 8.05. The van der Waals surface area contributed by atoms with E-state index < -0.39 is 0 Å². The number of hydrogen-bond acceptors (Lipinski definition) is 3. The zero-order valence-corrected chi connectivity index (χ0v) is 17.1. The molecule has 0 aliphatic heterocycles. The molecule has 0 amide bonds. The van der Waals surface area contributed by atoms with E-state index in [9.17, 15) is 0 Å². The van der Waals surface area contributed by atoms with Crippen molar-refractivity contribution < 1.29 is 4.74 Å². The number of benzene rings is 1. The largest absolute Gasteiger partial charge is 0.497 e. The third-order valence-corrected chi connectivity index (χ3v) is 3.91. The average molecular weight is 445 g/mol. The second kappa shape index (κ2) is 8.54. The van der Waals surface area contributed by atoms with Crippen LogP contribution in [-0.2, 0) is 6.54 Å². The molecule has 1 aromatic heterocycles. The Labute approximate surface area is 159 Å². The molecule has 0 unspecified atom stereocenters. The monoisotopic (exact) mass is 445 g/mol. The van der Waals surface area contributed by atoms with Crippen LogP contribution >= 0.6 is 35.3 Å². The number of rotatable bonds is 4. The molecule has 0 aliphatic rings. The summed E-state index contributed by atoms with van der Waals surface area (Å²) < 4.78 is 5.18. The molecule has 0 saturated heterocycles.